The molecule has 0 saturated heterocycles. The third-order valence-electron chi connectivity index (χ3n) is 2.42. The summed E-state index contributed by atoms with van der Waals surface area (Å²) in [5.41, 5.74) is 0. The van der Waals surface area contributed by atoms with Gasteiger partial charge in [-0.3, -0.25) is 0 Å². The predicted molar refractivity (Wildman–Crippen MR) is 57.9 cm³/mol. The van der Waals surface area contributed by atoms with Crippen LogP contribution in [0.3, 0.4) is 0 Å². The Morgan fingerprint density at radius 2 is 1.92 bits per heavy atom. The minimum atomic E-state index is -0.219. The zero-order valence-electron chi connectivity index (χ0n) is 9.34. The van der Waals surface area contributed by atoms with Crippen LogP contribution in [0.5, 0.6) is 0 Å². The molecule has 2 heteroatoms. The summed E-state index contributed by atoms with van der Waals surface area (Å²) in [7, 11) is 0. The summed E-state index contributed by atoms with van der Waals surface area (Å²) in [5, 5.41) is 12.3. The quantitative estimate of drug-likeness (QED) is 0.610. The fraction of sp³-hybridized carbons (Fsp3) is 1.00. The fourth-order valence-corrected chi connectivity index (χ4v) is 1.44. The number of aliphatic hydroxyl groups excluding tert-OH is 1. The lowest BCUT2D eigenvalue weighted by Crippen LogP contribution is -2.29. The Balaban J connectivity index is 3.36. The maximum Gasteiger partial charge on any atom is 0.0636 e. The summed E-state index contributed by atoms with van der Waals surface area (Å²) in [6.07, 6.45) is 4.96. The van der Waals surface area contributed by atoms with Gasteiger partial charge in [0.2, 0.25) is 0 Å². The number of hydrogen-bond donors (Lipinski definition) is 2. The van der Waals surface area contributed by atoms with Crippen LogP contribution < -0.4 is 5.32 Å². The third kappa shape index (κ3) is 8.26. The molecule has 0 heterocycles. The molecule has 80 valence electrons. The molecule has 0 spiro atoms. The molecule has 0 aromatic rings. The van der Waals surface area contributed by atoms with Crippen molar-refractivity contribution in [1.29, 1.82) is 0 Å². The van der Waals surface area contributed by atoms with Gasteiger partial charge in [-0.25, -0.2) is 0 Å². The Morgan fingerprint density at radius 3 is 2.38 bits per heavy atom. The first-order valence-electron chi connectivity index (χ1n) is 5.59. The van der Waals surface area contributed by atoms with E-state index in [0.717, 1.165) is 19.0 Å². The molecule has 0 amide bonds. The van der Waals surface area contributed by atoms with E-state index in [2.05, 4.69) is 19.2 Å². The SMILES string of the molecule is CCCCC(CC)CNC[C@@H](C)O. The minimum absolute atomic E-state index is 0.219. The molecule has 2 nitrogen and oxygen atoms in total. The van der Waals surface area contributed by atoms with Gasteiger partial charge < -0.3 is 10.4 Å². The van der Waals surface area contributed by atoms with Gasteiger partial charge in [0.15, 0.2) is 0 Å². The molecular formula is C11H25NO. The summed E-state index contributed by atoms with van der Waals surface area (Å²) >= 11 is 0. The van der Waals surface area contributed by atoms with E-state index >= 15 is 0 Å². The number of aliphatic hydroxyl groups is 1. The molecule has 0 radical (unpaired) electrons. The van der Waals surface area contributed by atoms with E-state index in [-0.39, 0.29) is 6.10 Å². The largest absolute Gasteiger partial charge is 0.392 e. The molecule has 0 rings (SSSR count). The Hall–Kier alpha value is -0.0800. The van der Waals surface area contributed by atoms with E-state index in [4.69, 9.17) is 5.11 Å². The van der Waals surface area contributed by atoms with Crippen LogP contribution in [0.2, 0.25) is 0 Å². The highest BCUT2D eigenvalue weighted by molar-refractivity contribution is 4.62. The van der Waals surface area contributed by atoms with Crippen molar-refractivity contribution in [3.63, 3.8) is 0 Å². The van der Waals surface area contributed by atoms with E-state index in [9.17, 15) is 0 Å². The van der Waals surface area contributed by atoms with Crippen molar-refractivity contribution in [3.05, 3.63) is 0 Å². The topological polar surface area (TPSA) is 32.3 Å². The van der Waals surface area contributed by atoms with Crippen LogP contribution in [0.1, 0.15) is 46.5 Å². The lowest BCUT2D eigenvalue weighted by Gasteiger charge is -2.15. The van der Waals surface area contributed by atoms with E-state index in [1.807, 2.05) is 6.92 Å². The number of unbranched alkanes of at least 4 members (excludes halogenated alkanes) is 1. The molecule has 1 unspecified atom stereocenters. The normalized spacial score (nSPS) is 15.7. The van der Waals surface area contributed by atoms with Gasteiger partial charge in [-0.15, -0.1) is 0 Å². The molecule has 2 atom stereocenters. The van der Waals surface area contributed by atoms with E-state index < -0.39 is 0 Å². The molecule has 0 fully saturated rings. The first-order valence-corrected chi connectivity index (χ1v) is 5.59. The van der Waals surface area contributed by atoms with E-state index in [0.29, 0.717) is 0 Å². The van der Waals surface area contributed by atoms with Crippen molar-refractivity contribution in [1.82, 2.24) is 5.32 Å². The first-order chi connectivity index (χ1) is 6.20. The predicted octanol–water partition coefficient (Wildman–Crippen LogP) is 2.17. The molecule has 0 saturated carbocycles. The third-order valence-corrected chi connectivity index (χ3v) is 2.42. The lowest BCUT2D eigenvalue weighted by molar-refractivity contribution is 0.188. The monoisotopic (exact) mass is 187 g/mol. The van der Waals surface area contributed by atoms with Crippen molar-refractivity contribution in [2.75, 3.05) is 13.1 Å². The Kier molecular flexibility index (Phi) is 8.46. The molecule has 0 aromatic carbocycles. The van der Waals surface area contributed by atoms with Crippen molar-refractivity contribution >= 4 is 0 Å². The van der Waals surface area contributed by atoms with Gasteiger partial charge in [0.25, 0.3) is 0 Å². The van der Waals surface area contributed by atoms with Crippen molar-refractivity contribution < 1.29 is 5.11 Å². The summed E-state index contributed by atoms with van der Waals surface area (Å²) in [4.78, 5) is 0. The summed E-state index contributed by atoms with van der Waals surface area (Å²) in [6.45, 7) is 8.07. The van der Waals surface area contributed by atoms with Crippen LogP contribution in [0.4, 0.5) is 0 Å². The smallest absolute Gasteiger partial charge is 0.0636 e. The summed E-state index contributed by atoms with van der Waals surface area (Å²) in [6, 6.07) is 0. The van der Waals surface area contributed by atoms with Crippen LogP contribution in [-0.4, -0.2) is 24.3 Å². The highest BCUT2D eigenvalue weighted by Gasteiger charge is 2.05. The molecular weight excluding hydrogens is 162 g/mol. The van der Waals surface area contributed by atoms with Crippen molar-refractivity contribution in [2.45, 2.75) is 52.6 Å². The zero-order chi connectivity index (χ0) is 10.1. The minimum Gasteiger partial charge on any atom is -0.392 e. The summed E-state index contributed by atoms with van der Waals surface area (Å²) in [5.74, 6) is 0.790. The van der Waals surface area contributed by atoms with Crippen LogP contribution in [0.25, 0.3) is 0 Å². The van der Waals surface area contributed by atoms with Crippen LogP contribution >= 0.6 is 0 Å². The average molecular weight is 187 g/mol. The Labute approximate surface area is 82.7 Å². The maximum absolute atomic E-state index is 9.05. The molecule has 0 aliphatic carbocycles. The van der Waals surface area contributed by atoms with Crippen LogP contribution in [0.15, 0.2) is 0 Å². The standard InChI is InChI=1S/C11H25NO/c1-4-6-7-11(5-2)9-12-8-10(3)13/h10-13H,4-9H2,1-3H3/t10-,11?/m1/s1. The Bertz CT molecular complexity index is 104. The second-order valence-corrected chi connectivity index (χ2v) is 3.92. The average Bonchev–Trinajstić information content (AvgIpc) is 2.10. The van der Waals surface area contributed by atoms with Crippen LogP contribution in [-0.2, 0) is 0 Å². The van der Waals surface area contributed by atoms with E-state index in [1.165, 1.54) is 25.7 Å². The second-order valence-electron chi connectivity index (χ2n) is 3.92. The van der Waals surface area contributed by atoms with Crippen molar-refractivity contribution in [3.8, 4) is 0 Å². The highest BCUT2D eigenvalue weighted by Crippen LogP contribution is 2.10. The first kappa shape index (κ1) is 12.9. The van der Waals surface area contributed by atoms with Gasteiger partial charge in [0.1, 0.15) is 0 Å². The lowest BCUT2D eigenvalue weighted by atomic mass is 9.99. The number of nitrogens with one attached hydrogen (secondary N) is 1. The maximum atomic E-state index is 9.05. The van der Waals surface area contributed by atoms with Gasteiger partial charge in [-0.2, -0.15) is 0 Å². The molecule has 0 bridgehead atoms. The van der Waals surface area contributed by atoms with Gasteiger partial charge >= 0.3 is 0 Å². The number of hydrogen-bond acceptors (Lipinski definition) is 2. The van der Waals surface area contributed by atoms with Gasteiger partial charge in [-0.05, 0) is 25.8 Å². The molecule has 0 aromatic heterocycles. The summed E-state index contributed by atoms with van der Waals surface area (Å²) < 4.78 is 0. The Morgan fingerprint density at radius 1 is 1.23 bits per heavy atom. The van der Waals surface area contributed by atoms with Gasteiger partial charge in [0, 0.05) is 6.54 Å². The molecule has 0 aliphatic rings. The van der Waals surface area contributed by atoms with Crippen LogP contribution in [0, 0.1) is 5.92 Å². The van der Waals surface area contributed by atoms with Crippen molar-refractivity contribution in [2.24, 2.45) is 5.92 Å². The van der Waals surface area contributed by atoms with Gasteiger partial charge in [0.05, 0.1) is 6.10 Å². The molecule has 13 heavy (non-hydrogen) atoms. The zero-order valence-corrected chi connectivity index (χ0v) is 9.34. The van der Waals surface area contributed by atoms with Gasteiger partial charge in [-0.1, -0.05) is 33.1 Å². The van der Waals surface area contributed by atoms with E-state index in [1.54, 1.807) is 0 Å². The second kappa shape index (κ2) is 8.52. The number of rotatable bonds is 8. The molecule has 2 N–H and O–H groups in total. The molecule has 0 aliphatic heterocycles. The fourth-order valence-electron chi connectivity index (χ4n) is 1.44. The highest BCUT2D eigenvalue weighted by atomic mass is 16.3.